The van der Waals surface area contributed by atoms with Gasteiger partial charge in [0, 0.05) is 41.7 Å². The van der Waals surface area contributed by atoms with Crippen LogP contribution in [0.25, 0.3) is 0 Å². The summed E-state index contributed by atoms with van der Waals surface area (Å²) in [5, 5.41) is 11.3. The molecule has 0 saturated carbocycles. The molecular formula is C49H54O23. The summed E-state index contributed by atoms with van der Waals surface area (Å²) in [6.45, 7) is 3.26. The first-order valence-electron chi connectivity index (χ1n) is 22.4. The minimum absolute atomic E-state index is 0.0788. The maximum atomic E-state index is 13.8. The summed E-state index contributed by atoms with van der Waals surface area (Å²) in [5.74, 6) is -7.07. The van der Waals surface area contributed by atoms with Crippen LogP contribution in [0, 0.1) is 0 Å². The molecule has 0 unspecified atom stereocenters. The van der Waals surface area contributed by atoms with E-state index < -0.39 is 154 Å². The van der Waals surface area contributed by atoms with E-state index in [1.54, 1.807) is 54.6 Å². The molecule has 14 atom stereocenters. The van der Waals surface area contributed by atoms with Crippen molar-refractivity contribution in [2.75, 3.05) is 26.9 Å². The molecule has 3 aliphatic heterocycles. The number of rotatable bonds is 19. The van der Waals surface area contributed by atoms with Crippen LogP contribution >= 0.6 is 0 Å². The molecule has 0 bridgehead atoms. The molecule has 6 rings (SSSR count). The molecule has 0 radical (unpaired) electrons. The molecule has 3 aromatic rings. The molecule has 72 heavy (non-hydrogen) atoms. The van der Waals surface area contributed by atoms with Crippen LogP contribution in [0.5, 0.6) is 0 Å². The number of aliphatic hydroxyl groups is 1. The zero-order valence-corrected chi connectivity index (χ0v) is 39.8. The minimum atomic E-state index is -1.90. The van der Waals surface area contributed by atoms with Crippen LogP contribution in [0.3, 0.4) is 0 Å². The van der Waals surface area contributed by atoms with Gasteiger partial charge in [-0.15, -0.1) is 0 Å². The number of carbonyl (C=O) groups excluding carboxylic acids is 8. The van der Waals surface area contributed by atoms with Gasteiger partial charge in [0.1, 0.15) is 43.7 Å². The van der Waals surface area contributed by atoms with E-state index >= 15 is 0 Å². The number of hydrogen-bond acceptors (Lipinski definition) is 23. The Bertz CT molecular complexity index is 2350. The molecule has 3 heterocycles. The first kappa shape index (κ1) is 54.5. The lowest BCUT2D eigenvalue weighted by Crippen LogP contribution is -2.67. The second-order valence-electron chi connectivity index (χ2n) is 16.3. The van der Waals surface area contributed by atoms with Gasteiger partial charge in [0.2, 0.25) is 0 Å². The van der Waals surface area contributed by atoms with Gasteiger partial charge >= 0.3 is 47.8 Å². The fraction of sp³-hybridized carbons (Fsp3) is 0.469. The number of esters is 8. The number of ether oxygens (including phenoxy) is 14. The van der Waals surface area contributed by atoms with Gasteiger partial charge in [-0.1, -0.05) is 54.6 Å². The van der Waals surface area contributed by atoms with Crippen molar-refractivity contribution in [1.82, 2.24) is 0 Å². The monoisotopic (exact) mass is 1010 g/mol. The zero-order chi connectivity index (χ0) is 52.1. The molecule has 3 aliphatic rings. The highest BCUT2D eigenvalue weighted by molar-refractivity contribution is 5.91. The lowest BCUT2D eigenvalue weighted by molar-refractivity contribution is -0.362. The van der Waals surface area contributed by atoms with Crippen LogP contribution < -0.4 is 0 Å². The topological polar surface area (TPSA) is 286 Å². The Kier molecular flexibility index (Phi) is 19.3. The Labute approximate surface area is 412 Å². The summed E-state index contributed by atoms with van der Waals surface area (Å²) in [5.41, 5.74) is 0.362. The molecule has 3 saturated heterocycles. The van der Waals surface area contributed by atoms with E-state index in [0.717, 1.165) is 34.6 Å². The fourth-order valence-corrected chi connectivity index (χ4v) is 7.91. The van der Waals surface area contributed by atoms with E-state index in [1.165, 1.54) is 43.5 Å². The fourth-order valence-electron chi connectivity index (χ4n) is 7.91. The predicted molar refractivity (Wildman–Crippen MR) is 237 cm³/mol. The summed E-state index contributed by atoms with van der Waals surface area (Å²) in [4.78, 5) is 103. The molecule has 0 spiro atoms. The van der Waals surface area contributed by atoms with Crippen molar-refractivity contribution in [2.45, 2.75) is 121 Å². The van der Waals surface area contributed by atoms with Crippen LogP contribution in [-0.4, -0.2) is 166 Å². The van der Waals surface area contributed by atoms with Gasteiger partial charge in [-0.25, -0.2) is 14.4 Å². The van der Waals surface area contributed by atoms with Gasteiger partial charge in [0.15, 0.2) is 55.5 Å². The average molecular weight is 1010 g/mol. The quantitative estimate of drug-likeness (QED) is 0.133. The SMILES string of the molecule is CO[C@H]1O[C@@H](CO[C@@H]2O[C@H](COC(=O)c3ccccc3)[C@H](OC(=O)c3ccccc3)[C@H]2OC(=O)c2ccccc2)[C@H](O[C@H]2O[C@H](COC(C)=O)[C@H](O)[C@@H](OC(C)=O)[C@H]2OC(C)=O)[C@H](OC(C)=O)[C@@H]1OC(C)=O. The van der Waals surface area contributed by atoms with Crippen molar-refractivity contribution >= 4 is 47.8 Å². The number of hydrogen-bond donors (Lipinski definition) is 1. The van der Waals surface area contributed by atoms with Crippen molar-refractivity contribution in [2.24, 2.45) is 0 Å². The van der Waals surface area contributed by atoms with E-state index in [9.17, 15) is 43.5 Å². The minimum Gasteiger partial charge on any atom is -0.463 e. The Morgan fingerprint density at radius 1 is 0.417 bits per heavy atom. The number of aliphatic hydroxyl groups excluding tert-OH is 1. The highest BCUT2D eigenvalue weighted by Crippen LogP contribution is 2.36. The van der Waals surface area contributed by atoms with E-state index in [0.29, 0.717) is 0 Å². The molecule has 388 valence electrons. The van der Waals surface area contributed by atoms with Crippen molar-refractivity contribution < 1.29 is 110 Å². The lowest BCUT2D eigenvalue weighted by Gasteiger charge is -2.48. The van der Waals surface area contributed by atoms with E-state index in [-0.39, 0.29) is 16.7 Å². The van der Waals surface area contributed by atoms with Gasteiger partial charge < -0.3 is 71.4 Å². The second kappa shape index (κ2) is 25.5. The molecule has 0 aromatic heterocycles. The van der Waals surface area contributed by atoms with Gasteiger partial charge in [-0.3, -0.25) is 24.0 Å². The number of benzene rings is 3. The molecule has 23 nitrogen and oxygen atoms in total. The third-order valence-corrected chi connectivity index (χ3v) is 11.0. The summed E-state index contributed by atoms with van der Waals surface area (Å²) in [7, 11) is 1.18. The van der Waals surface area contributed by atoms with E-state index in [1.807, 2.05) is 0 Å². The molecule has 3 aromatic carbocycles. The zero-order valence-electron chi connectivity index (χ0n) is 39.8. The molecule has 0 aliphatic carbocycles. The van der Waals surface area contributed by atoms with Gasteiger partial charge in [0.25, 0.3) is 0 Å². The van der Waals surface area contributed by atoms with Crippen molar-refractivity contribution in [1.29, 1.82) is 0 Å². The Balaban J connectivity index is 1.40. The van der Waals surface area contributed by atoms with Crippen molar-refractivity contribution in [3.05, 3.63) is 108 Å². The smallest absolute Gasteiger partial charge is 0.338 e. The first-order valence-corrected chi connectivity index (χ1v) is 22.4. The molecule has 3 fully saturated rings. The van der Waals surface area contributed by atoms with Crippen molar-refractivity contribution in [3.63, 3.8) is 0 Å². The predicted octanol–water partition coefficient (Wildman–Crippen LogP) is 2.17. The molecule has 23 heteroatoms. The van der Waals surface area contributed by atoms with Crippen LogP contribution in [0.4, 0.5) is 0 Å². The standard InChI is InChI=1S/C49H54O23/c1-25(50)60-22-33-36(55)39(63-26(2)51)42(65-28(4)53)49(67-33)72-37-35(68-47(59-6)43(66-29(5)54)40(37)64-27(3)52)24-62-48-41(71-46(58)32-20-14-9-15-21-32)38(70-45(57)31-18-12-8-13-19-31)34(69-48)23-61-44(56)30-16-10-7-11-17-30/h7-21,33-43,47-49,55H,22-24H2,1-6H3/t33-,34-,35+,36+,37+,38+,39-,40+,41-,42-,43+,47+,48-,49-/m1/s1. The highest BCUT2D eigenvalue weighted by atomic mass is 16.8. The Morgan fingerprint density at radius 2 is 0.819 bits per heavy atom. The molecular weight excluding hydrogens is 957 g/mol. The van der Waals surface area contributed by atoms with Crippen LogP contribution in [-0.2, 0) is 90.3 Å². The maximum absolute atomic E-state index is 13.8. The third-order valence-electron chi connectivity index (χ3n) is 11.0. The van der Waals surface area contributed by atoms with Gasteiger partial charge in [0.05, 0.1) is 23.3 Å². The summed E-state index contributed by atoms with van der Waals surface area (Å²) < 4.78 is 81.9. The van der Waals surface area contributed by atoms with Gasteiger partial charge in [-0.05, 0) is 36.4 Å². The second-order valence-corrected chi connectivity index (χ2v) is 16.3. The molecule has 1 N–H and O–H groups in total. The number of methoxy groups -OCH3 is 1. The van der Waals surface area contributed by atoms with Crippen molar-refractivity contribution in [3.8, 4) is 0 Å². The maximum Gasteiger partial charge on any atom is 0.338 e. The lowest BCUT2D eigenvalue weighted by atomic mass is 9.96. The van der Waals surface area contributed by atoms with Crippen LogP contribution in [0.2, 0.25) is 0 Å². The highest BCUT2D eigenvalue weighted by Gasteiger charge is 2.58. The molecule has 0 amide bonds. The Hall–Kier alpha value is -6.86. The third kappa shape index (κ3) is 14.4. The average Bonchev–Trinajstić information content (AvgIpc) is 3.66. The van der Waals surface area contributed by atoms with E-state index in [4.69, 9.17) is 66.3 Å². The summed E-state index contributed by atoms with van der Waals surface area (Å²) in [6, 6.07) is 23.5. The number of carbonyl (C=O) groups is 8. The summed E-state index contributed by atoms with van der Waals surface area (Å²) in [6.07, 6.45) is -23.1. The van der Waals surface area contributed by atoms with E-state index in [2.05, 4.69) is 0 Å². The Morgan fingerprint density at radius 3 is 1.32 bits per heavy atom. The van der Waals surface area contributed by atoms with Crippen LogP contribution in [0.1, 0.15) is 65.7 Å². The van der Waals surface area contributed by atoms with Crippen LogP contribution in [0.15, 0.2) is 91.0 Å². The first-order chi connectivity index (χ1) is 34.4. The largest absolute Gasteiger partial charge is 0.463 e. The van der Waals surface area contributed by atoms with Gasteiger partial charge in [-0.2, -0.15) is 0 Å². The summed E-state index contributed by atoms with van der Waals surface area (Å²) >= 11 is 0. The normalized spacial score (nSPS) is 28.8.